The molecule has 0 saturated carbocycles. The van der Waals surface area contributed by atoms with Gasteiger partial charge in [-0.2, -0.15) is 0 Å². The molecule has 0 aromatic heterocycles. The number of hydrogen-bond acceptors (Lipinski definition) is 5. The van der Waals surface area contributed by atoms with E-state index in [9.17, 15) is 4.79 Å². The second kappa shape index (κ2) is 11.8. The Kier molecular flexibility index (Phi) is 12.6. The zero-order valence-electron chi connectivity index (χ0n) is 15.1. The largest absolute Gasteiger partial charge is 0.444 e. The lowest BCUT2D eigenvalue weighted by molar-refractivity contribution is 0.0172. The van der Waals surface area contributed by atoms with Gasteiger partial charge in [0.1, 0.15) is 5.60 Å². The average Bonchev–Trinajstić information content (AvgIpc) is 2.37. The Bertz CT molecular complexity index is 267. The van der Waals surface area contributed by atoms with Crippen LogP contribution in [0.3, 0.4) is 0 Å². The standard InChI is InChI=1S/C10H21NO3.C5H13NO/c1-8(13-6)7-11(5)9(12)14-10(2,3)4;1-5(7-3)4-6-2/h8H,7H2,1-6H3;5-6H,4H2,1-3H3/t8-;5-/m00/s1. The van der Waals surface area contributed by atoms with Crippen molar-refractivity contribution >= 4 is 6.09 Å². The van der Waals surface area contributed by atoms with E-state index in [0.29, 0.717) is 12.6 Å². The molecule has 0 radical (unpaired) electrons. The van der Waals surface area contributed by atoms with E-state index in [1.54, 1.807) is 21.3 Å². The molecule has 0 aliphatic rings. The molecular weight excluding hydrogens is 272 g/mol. The summed E-state index contributed by atoms with van der Waals surface area (Å²) in [4.78, 5) is 13.0. The lowest BCUT2D eigenvalue weighted by atomic mass is 10.2. The minimum atomic E-state index is -0.443. The number of nitrogens with zero attached hydrogens (tertiary/aromatic N) is 1. The molecule has 0 heterocycles. The van der Waals surface area contributed by atoms with Gasteiger partial charge in [0.25, 0.3) is 0 Å². The molecule has 21 heavy (non-hydrogen) atoms. The number of rotatable bonds is 6. The van der Waals surface area contributed by atoms with Crippen LogP contribution in [0.15, 0.2) is 0 Å². The molecule has 0 aromatic carbocycles. The van der Waals surface area contributed by atoms with Crippen LogP contribution >= 0.6 is 0 Å². The van der Waals surface area contributed by atoms with Crippen molar-refractivity contribution in [3.63, 3.8) is 0 Å². The molecular formula is C15H34N2O4. The highest BCUT2D eigenvalue weighted by molar-refractivity contribution is 5.67. The number of methoxy groups -OCH3 is 2. The molecule has 128 valence electrons. The first kappa shape index (κ1) is 22.4. The van der Waals surface area contributed by atoms with Crippen molar-refractivity contribution in [2.75, 3.05) is 41.4 Å². The monoisotopic (exact) mass is 306 g/mol. The van der Waals surface area contributed by atoms with Gasteiger partial charge < -0.3 is 24.4 Å². The topological polar surface area (TPSA) is 60.0 Å². The van der Waals surface area contributed by atoms with Crippen molar-refractivity contribution in [2.24, 2.45) is 0 Å². The highest BCUT2D eigenvalue weighted by Gasteiger charge is 2.20. The maximum atomic E-state index is 11.5. The molecule has 2 atom stereocenters. The van der Waals surface area contributed by atoms with Gasteiger partial charge in [0.15, 0.2) is 0 Å². The van der Waals surface area contributed by atoms with E-state index < -0.39 is 5.60 Å². The fourth-order valence-corrected chi connectivity index (χ4v) is 1.25. The van der Waals surface area contributed by atoms with Crippen LogP contribution in [0.4, 0.5) is 4.79 Å². The van der Waals surface area contributed by atoms with Gasteiger partial charge in [0.2, 0.25) is 0 Å². The maximum Gasteiger partial charge on any atom is 0.410 e. The summed E-state index contributed by atoms with van der Waals surface area (Å²) in [6.07, 6.45) is 0.0407. The number of hydrogen-bond donors (Lipinski definition) is 1. The number of nitrogens with one attached hydrogen (secondary N) is 1. The van der Waals surface area contributed by atoms with Crippen LogP contribution < -0.4 is 5.32 Å². The van der Waals surface area contributed by atoms with Crippen LogP contribution in [0.25, 0.3) is 0 Å². The SMILES string of the molecule is CNC[C@H](C)OC.CO[C@@H](C)CN(C)C(=O)OC(C)(C)C. The average molecular weight is 306 g/mol. The molecule has 0 aliphatic carbocycles. The number of likely N-dealkylation sites (N-methyl/N-ethyl adjacent to an activating group) is 2. The van der Waals surface area contributed by atoms with Crippen LogP contribution in [0.1, 0.15) is 34.6 Å². The first-order chi connectivity index (χ1) is 9.57. The Morgan fingerprint density at radius 2 is 1.62 bits per heavy atom. The first-order valence-electron chi connectivity index (χ1n) is 7.21. The van der Waals surface area contributed by atoms with Crippen LogP contribution in [0.5, 0.6) is 0 Å². The van der Waals surface area contributed by atoms with E-state index in [2.05, 4.69) is 5.32 Å². The Labute approximate surface area is 130 Å². The predicted octanol–water partition coefficient (Wildman–Crippen LogP) is 2.13. The molecule has 0 rings (SSSR count). The minimum Gasteiger partial charge on any atom is -0.444 e. The summed E-state index contributed by atoms with van der Waals surface area (Å²) in [6, 6.07) is 0. The van der Waals surface area contributed by atoms with Crippen molar-refractivity contribution in [2.45, 2.75) is 52.4 Å². The lowest BCUT2D eigenvalue weighted by Crippen LogP contribution is -2.38. The normalized spacial score (nSPS) is 13.8. The molecule has 6 nitrogen and oxygen atoms in total. The highest BCUT2D eigenvalue weighted by atomic mass is 16.6. The Hall–Kier alpha value is -0.850. The molecule has 0 bridgehead atoms. The summed E-state index contributed by atoms with van der Waals surface area (Å²) >= 11 is 0. The van der Waals surface area contributed by atoms with Crippen LogP contribution in [-0.4, -0.2) is 70.2 Å². The number of carbonyl (C=O) groups is 1. The molecule has 1 amide bonds. The molecule has 6 heteroatoms. The van der Waals surface area contributed by atoms with Crippen LogP contribution in [0, 0.1) is 0 Å². The van der Waals surface area contributed by atoms with E-state index >= 15 is 0 Å². The van der Waals surface area contributed by atoms with Gasteiger partial charge in [-0.3, -0.25) is 0 Å². The predicted molar refractivity (Wildman–Crippen MR) is 85.7 cm³/mol. The number of ether oxygens (including phenoxy) is 3. The molecule has 0 fully saturated rings. The van der Waals surface area contributed by atoms with E-state index in [-0.39, 0.29) is 12.2 Å². The number of carbonyl (C=O) groups excluding carboxylic acids is 1. The molecule has 1 N–H and O–H groups in total. The summed E-state index contributed by atoms with van der Waals surface area (Å²) < 4.78 is 15.2. The van der Waals surface area contributed by atoms with E-state index in [1.165, 1.54) is 4.90 Å². The maximum absolute atomic E-state index is 11.5. The van der Waals surface area contributed by atoms with Crippen molar-refractivity contribution < 1.29 is 19.0 Å². The highest BCUT2D eigenvalue weighted by Crippen LogP contribution is 2.09. The summed E-state index contributed by atoms with van der Waals surface area (Å²) in [6.45, 7) is 10.9. The van der Waals surface area contributed by atoms with Crippen molar-refractivity contribution in [3.05, 3.63) is 0 Å². The van der Waals surface area contributed by atoms with Gasteiger partial charge in [-0.15, -0.1) is 0 Å². The van der Waals surface area contributed by atoms with E-state index in [4.69, 9.17) is 14.2 Å². The fraction of sp³-hybridized carbons (Fsp3) is 0.933. The third-order valence-corrected chi connectivity index (χ3v) is 2.53. The second-order valence-corrected chi connectivity index (χ2v) is 6.01. The van der Waals surface area contributed by atoms with Gasteiger partial charge in [-0.05, 0) is 41.7 Å². The number of amides is 1. The Morgan fingerprint density at radius 1 is 1.14 bits per heavy atom. The van der Waals surface area contributed by atoms with Gasteiger partial charge in [-0.1, -0.05) is 0 Å². The summed E-state index contributed by atoms with van der Waals surface area (Å²) in [5.41, 5.74) is -0.443. The van der Waals surface area contributed by atoms with E-state index in [0.717, 1.165) is 6.54 Å². The molecule has 0 unspecified atom stereocenters. The zero-order valence-corrected chi connectivity index (χ0v) is 15.1. The molecule has 0 aromatic rings. The van der Waals surface area contributed by atoms with Crippen LogP contribution in [0.2, 0.25) is 0 Å². The first-order valence-corrected chi connectivity index (χ1v) is 7.21. The lowest BCUT2D eigenvalue weighted by Gasteiger charge is -2.26. The zero-order chi connectivity index (χ0) is 17.1. The van der Waals surface area contributed by atoms with Crippen molar-refractivity contribution in [1.82, 2.24) is 10.2 Å². The van der Waals surface area contributed by atoms with Crippen molar-refractivity contribution in [3.8, 4) is 0 Å². The van der Waals surface area contributed by atoms with Crippen LogP contribution in [-0.2, 0) is 14.2 Å². The Morgan fingerprint density at radius 3 is 1.90 bits per heavy atom. The van der Waals surface area contributed by atoms with E-state index in [1.807, 2.05) is 41.7 Å². The quantitative estimate of drug-likeness (QED) is 0.814. The summed E-state index contributed by atoms with van der Waals surface area (Å²) in [7, 11) is 6.94. The molecule has 0 aliphatic heterocycles. The minimum absolute atomic E-state index is 0.0209. The molecule has 0 spiro atoms. The molecule has 0 saturated heterocycles. The van der Waals surface area contributed by atoms with Gasteiger partial charge >= 0.3 is 6.09 Å². The summed E-state index contributed by atoms with van der Waals surface area (Å²) in [5.74, 6) is 0. The fourth-order valence-electron chi connectivity index (χ4n) is 1.25. The second-order valence-electron chi connectivity index (χ2n) is 6.01. The summed E-state index contributed by atoms with van der Waals surface area (Å²) in [5, 5.41) is 2.99. The van der Waals surface area contributed by atoms with Gasteiger partial charge in [0.05, 0.1) is 12.2 Å². The van der Waals surface area contributed by atoms with Crippen molar-refractivity contribution in [1.29, 1.82) is 0 Å². The van der Waals surface area contributed by atoms with Gasteiger partial charge in [-0.25, -0.2) is 4.79 Å². The Balaban J connectivity index is 0. The third kappa shape index (κ3) is 15.4. The van der Waals surface area contributed by atoms with Gasteiger partial charge in [0, 0.05) is 34.4 Å². The smallest absolute Gasteiger partial charge is 0.410 e. The third-order valence-electron chi connectivity index (χ3n) is 2.53.